The lowest BCUT2D eigenvalue weighted by Crippen LogP contribution is -2.49. The molecule has 0 bridgehead atoms. The van der Waals surface area contributed by atoms with E-state index in [1.807, 2.05) is 36.6 Å². The first kappa shape index (κ1) is 17.8. The third kappa shape index (κ3) is 4.97. The maximum absolute atomic E-state index is 12.4. The summed E-state index contributed by atoms with van der Waals surface area (Å²) in [4.78, 5) is 26.3. The second-order valence-electron chi connectivity index (χ2n) is 5.67. The first-order valence-electron chi connectivity index (χ1n) is 7.89. The zero-order chi connectivity index (χ0) is 16.7. The minimum absolute atomic E-state index is 0.141. The molecule has 0 aliphatic carbocycles. The Morgan fingerprint density at radius 3 is 2.83 bits per heavy atom. The van der Waals surface area contributed by atoms with Gasteiger partial charge in [0, 0.05) is 6.54 Å². The zero-order valence-corrected chi connectivity index (χ0v) is 14.3. The first-order chi connectivity index (χ1) is 11.1. The molecule has 2 atom stereocenters. The fourth-order valence-electron chi connectivity index (χ4n) is 2.68. The maximum Gasteiger partial charge on any atom is 0.329 e. The average Bonchev–Trinajstić information content (AvgIpc) is 3.07. The van der Waals surface area contributed by atoms with Crippen molar-refractivity contribution in [3.8, 4) is 0 Å². The predicted octanol–water partition coefficient (Wildman–Crippen LogP) is 1.80. The van der Waals surface area contributed by atoms with Gasteiger partial charge in [-0.15, -0.1) is 0 Å². The third-order valence-electron chi connectivity index (χ3n) is 3.98. The summed E-state index contributed by atoms with van der Waals surface area (Å²) in [5.74, 6) is 0.360. The molecular weight excluding hydrogens is 312 g/mol. The van der Waals surface area contributed by atoms with Crippen LogP contribution in [0.5, 0.6) is 0 Å². The smallest absolute Gasteiger partial charge is 0.329 e. The van der Waals surface area contributed by atoms with Gasteiger partial charge in [-0.25, -0.2) is 4.79 Å². The van der Waals surface area contributed by atoms with Crippen molar-refractivity contribution in [1.29, 1.82) is 0 Å². The standard InChI is InChI=1S/C17H24N2O3S/c1-23-11-9-14(18)16(20)19-10-5-8-15(19)17(21)22-12-13-6-3-2-4-7-13/h2-4,6-7,14-15H,5,8-12,18H2,1H3/t14-,15-/m0/s1. The number of carbonyl (C=O) groups is 2. The van der Waals surface area contributed by atoms with Crippen LogP contribution in [0.4, 0.5) is 0 Å². The quantitative estimate of drug-likeness (QED) is 0.769. The van der Waals surface area contributed by atoms with Crippen molar-refractivity contribution >= 4 is 23.6 Å². The molecule has 1 aliphatic heterocycles. The zero-order valence-electron chi connectivity index (χ0n) is 13.4. The van der Waals surface area contributed by atoms with E-state index in [0.717, 1.165) is 17.7 Å². The summed E-state index contributed by atoms with van der Waals surface area (Å²) in [7, 11) is 0. The van der Waals surface area contributed by atoms with Gasteiger partial charge >= 0.3 is 5.97 Å². The van der Waals surface area contributed by atoms with Crippen LogP contribution >= 0.6 is 11.8 Å². The minimum Gasteiger partial charge on any atom is -0.459 e. The van der Waals surface area contributed by atoms with Crippen LogP contribution in [0.2, 0.25) is 0 Å². The van der Waals surface area contributed by atoms with Gasteiger partial charge in [-0.1, -0.05) is 30.3 Å². The number of hydrogen-bond donors (Lipinski definition) is 1. The molecule has 6 heteroatoms. The minimum atomic E-state index is -0.537. The normalized spacial score (nSPS) is 18.7. The topological polar surface area (TPSA) is 72.6 Å². The van der Waals surface area contributed by atoms with Crippen molar-refractivity contribution in [2.45, 2.75) is 38.0 Å². The largest absolute Gasteiger partial charge is 0.459 e. The lowest BCUT2D eigenvalue weighted by atomic mass is 10.1. The highest BCUT2D eigenvalue weighted by molar-refractivity contribution is 7.98. The fraction of sp³-hybridized carbons (Fsp3) is 0.529. The molecule has 0 radical (unpaired) electrons. The van der Waals surface area contributed by atoms with Gasteiger partial charge in [0.2, 0.25) is 5.91 Å². The molecule has 126 valence electrons. The Morgan fingerprint density at radius 2 is 2.13 bits per heavy atom. The molecule has 0 spiro atoms. The molecule has 1 fully saturated rings. The summed E-state index contributed by atoms with van der Waals surface area (Å²) < 4.78 is 5.38. The number of nitrogens with zero attached hydrogens (tertiary/aromatic N) is 1. The summed E-state index contributed by atoms with van der Waals surface area (Å²) in [5, 5.41) is 0. The van der Waals surface area contributed by atoms with Crippen molar-refractivity contribution < 1.29 is 14.3 Å². The van der Waals surface area contributed by atoms with E-state index in [2.05, 4.69) is 0 Å². The molecule has 0 aromatic heterocycles. The third-order valence-corrected chi connectivity index (χ3v) is 4.63. The number of carbonyl (C=O) groups excluding carboxylic acids is 2. The van der Waals surface area contributed by atoms with Crippen LogP contribution in [0.25, 0.3) is 0 Å². The molecule has 2 N–H and O–H groups in total. The summed E-state index contributed by atoms with van der Waals surface area (Å²) >= 11 is 1.66. The van der Waals surface area contributed by atoms with E-state index in [4.69, 9.17) is 10.5 Å². The van der Waals surface area contributed by atoms with Crippen LogP contribution in [0, 0.1) is 0 Å². The molecule has 5 nitrogen and oxygen atoms in total. The van der Waals surface area contributed by atoms with Crippen LogP contribution in [0.15, 0.2) is 30.3 Å². The second-order valence-corrected chi connectivity index (χ2v) is 6.66. The SMILES string of the molecule is CSCC[C@H](N)C(=O)N1CCC[C@H]1C(=O)OCc1ccccc1. The Hall–Kier alpha value is -1.53. The predicted molar refractivity (Wildman–Crippen MR) is 91.9 cm³/mol. The molecule has 1 aliphatic rings. The van der Waals surface area contributed by atoms with Crippen LogP contribution in [-0.2, 0) is 20.9 Å². The number of ether oxygens (including phenoxy) is 1. The first-order valence-corrected chi connectivity index (χ1v) is 9.28. The van der Waals surface area contributed by atoms with Gasteiger partial charge in [0.25, 0.3) is 0 Å². The Labute approximate surface area is 141 Å². The highest BCUT2D eigenvalue weighted by atomic mass is 32.2. The van der Waals surface area contributed by atoms with Crippen LogP contribution in [-0.4, -0.2) is 47.4 Å². The van der Waals surface area contributed by atoms with E-state index in [1.54, 1.807) is 16.7 Å². The van der Waals surface area contributed by atoms with Gasteiger partial charge < -0.3 is 15.4 Å². The number of hydrogen-bond acceptors (Lipinski definition) is 5. The van der Waals surface area contributed by atoms with E-state index in [1.165, 1.54) is 0 Å². The average molecular weight is 336 g/mol. The Morgan fingerprint density at radius 1 is 1.39 bits per heavy atom. The van der Waals surface area contributed by atoms with Crippen LogP contribution < -0.4 is 5.73 Å². The molecule has 23 heavy (non-hydrogen) atoms. The van der Waals surface area contributed by atoms with Gasteiger partial charge in [0.1, 0.15) is 12.6 Å². The van der Waals surface area contributed by atoms with Crippen molar-refractivity contribution in [2.24, 2.45) is 5.73 Å². The maximum atomic E-state index is 12.4. The second kappa shape index (κ2) is 8.93. The number of esters is 1. The van der Waals surface area contributed by atoms with Gasteiger partial charge in [-0.2, -0.15) is 11.8 Å². The number of rotatable bonds is 7. The summed E-state index contributed by atoms with van der Waals surface area (Å²) in [6, 6.07) is 8.50. The van der Waals surface area contributed by atoms with E-state index in [-0.39, 0.29) is 18.5 Å². The van der Waals surface area contributed by atoms with Crippen LogP contribution in [0.3, 0.4) is 0 Å². The van der Waals surface area contributed by atoms with Crippen LogP contribution in [0.1, 0.15) is 24.8 Å². The summed E-state index contributed by atoms with van der Waals surface area (Å²) in [6.07, 6.45) is 4.07. The summed E-state index contributed by atoms with van der Waals surface area (Å²) in [5.41, 5.74) is 6.89. The van der Waals surface area contributed by atoms with Gasteiger partial charge in [-0.3, -0.25) is 4.79 Å². The molecule has 0 saturated carbocycles. The Balaban J connectivity index is 1.89. The van der Waals surface area contributed by atoms with Gasteiger partial charge in [-0.05, 0) is 36.8 Å². The molecule has 1 aromatic rings. The van der Waals surface area contributed by atoms with E-state index >= 15 is 0 Å². The Kier molecular flexibility index (Phi) is 6.92. The van der Waals surface area contributed by atoms with E-state index < -0.39 is 12.1 Å². The number of likely N-dealkylation sites (tertiary alicyclic amines) is 1. The molecular formula is C17H24N2O3S. The number of amides is 1. The highest BCUT2D eigenvalue weighted by Gasteiger charge is 2.36. The van der Waals surface area contributed by atoms with Gasteiger partial charge in [0.15, 0.2) is 0 Å². The molecule has 1 heterocycles. The molecule has 0 unspecified atom stereocenters. The van der Waals surface area contributed by atoms with E-state index in [0.29, 0.717) is 19.4 Å². The molecule has 2 rings (SSSR count). The lowest BCUT2D eigenvalue weighted by molar-refractivity contribution is -0.154. The number of thioether (sulfide) groups is 1. The molecule has 1 amide bonds. The fourth-order valence-corrected chi connectivity index (χ4v) is 3.17. The van der Waals surface area contributed by atoms with Crippen molar-refractivity contribution in [1.82, 2.24) is 4.90 Å². The summed E-state index contributed by atoms with van der Waals surface area (Å²) in [6.45, 7) is 0.813. The lowest BCUT2D eigenvalue weighted by Gasteiger charge is -2.26. The number of benzene rings is 1. The van der Waals surface area contributed by atoms with Crippen molar-refractivity contribution in [3.05, 3.63) is 35.9 Å². The number of nitrogens with two attached hydrogens (primary N) is 1. The highest BCUT2D eigenvalue weighted by Crippen LogP contribution is 2.20. The monoisotopic (exact) mass is 336 g/mol. The molecule has 1 aromatic carbocycles. The van der Waals surface area contributed by atoms with Gasteiger partial charge in [0.05, 0.1) is 6.04 Å². The molecule has 1 saturated heterocycles. The Bertz CT molecular complexity index is 524. The van der Waals surface area contributed by atoms with Crippen molar-refractivity contribution in [3.63, 3.8) is 0 Å². The van der Waals surface area contributed by atoms with Crippen molar-refractivity contribution in [2.75, 3.05) is 18.6 Å². The van der Waals surface area contributed by atoms with E-state index in [9.17, 15) is 9.59 Å².